The van der Waals surface area contributed by atoms with E-state index in [9.17, 15) is 9.59 Å². The molecule has 0 bridgehead atoms. The van der Waals surface area contributed by atoms with Crippen LogP contribution in [0, 0.1) is 35.0 Å². The van der Waals surface area contributed by atoms with Crippen molar-refractivity contribution >= 4 is 11.9 Å². The van der Waals surface area contributed by atoms with E-state index in [0.29, 0.717) is 0 Å². The summed E-state index contributed by atoms with van der Waals surface area (Å²) in [5.41, 5.74) is -1.87. The zero-order valence-corrected chi connectivity index (χ0v) is 12.3. The summed E-state index contributed by atoms with van der Waals surface area (Å²) in [6.07, 6.45) is 0.462. The first kappa shape index (κ1) is 17.3. The summed E-state index contributed by atoms with van der Waals surface area (Å²) >= 11 is 0. The van der Waals surface area contributed by atoms with E-state index in [1.165, 1.54) is 14.2 Å². The fourth-order valence-corrected chi connectivity index (χ4v) is 2.34. The third-order valence-corrected chi connectivity index (χ3v) is 3.09. The molecule has 0 rings (SSSR count). The van der Waals surface area contributed by atoms with Crippen LogP contribution >= 0.6 is 0 Å². The molecule has 0 fully saturated rings. The standard InChI is InChI=1S/C14H22NO4/c1-10(11(16)18-5)7-14(4,12(17)19-6)8-13(2,3)9-15/h10H,2,7-8H2,1,3-6H3/q+1. The summed E-state index contributed by atoms with van der Waals surface area (Å²) in [5, 5.41) is 9.05. The van der Waals surface area contributed by atoms with Crippen LogP contribution in [0.25, 0.3) is 0 Å². The maximum atomic E-state index is 12.0. The number of rotatable bonds is 6. The first-order valence-electron chi connectivity index (χ1n) is 6.05. The number of esters is 2. The van der Waals surface area contributed by atoms with Gasteiger partial charge < -0.3 is 9.47 Å². The lowest BCUT2D eigenvalue weighted by Gasteiger charge is -2.30. The molecule has 19 heavy (non-hydrogen) atoms. The lowest BCUT2D eigenvalue weighted by Crippen LogP contribution is -2.37. The van der Waals surface area contributed by atoms with Gasteiger partial charge in [-0.15, -0.1) is 0 Å². The highest BCUT2D eigenvalue weighted by atomic mass is 16.5. The van der Waals surface area contributed by atoms with E-state index in [1.54, 1.807) is 20.8 Å². The van der Waals surface area contributed by atoms with Crippen LogP contribution in [0.3, 0.4) is 0 Å². The van der Waals surface area contributed by atoms with Crippen LogP contribution in [0.4, 0.5) is 0 Å². The molecule has 0 aliphatic carbocycles. The third-order valence-electron chi connectivity index (χ3n) is 3.09. The van der Waals surface area contributed by atoms with Gasteiger partial charge in [0, 0.05) is 6.42 Å². The highest BCUT2D eigenvalue weighted by molar-refractivity contribution is 5.78. The van der Waals surface area contributed by atoms with Crippen molar-refractivity contribution < 1.29 is 19.1 Å². The van der Waals surface area contributed by atoms with Crippen LogP contribution in [0.5, 0.6) is 0 Å². The molecule has 5 nitrogen and oxygen atoms in total. The summed E-state index contributed by atoms with van der Waals surface area (Å²) in [6, 6.07) is 2.06. The van der Waals surface area contributed by atoms with Crippen molar-refractivity contribution in [1.82, 2.24) is 0 Å². The van der Waals surface area contributed by atoms with Crippen LogP contribution in [-0.2, 0) is 19.1 Å². The molecule has 0 spiro atoms. The molecule has 3 unspecified atom stereocenters. The lowest BCUT2D eigenvalue weighted by atomic mass is 9.70. The maximum absolute atomic E-state index is 12.0. The predicted octanol–water partition coefficient (Wildman–Crippen LogP) is 2.12. The van der Waals surface area contributed by atoms with Gasteiger partial charge in [0.1, 0.15) is 6.07 Å². The molecule has 0 aromatic carbocycles. The Morgan fingerprint density at radius 2 is 1.84 bits per heavy atom. The molecule has 106 valence electrons. The van der Waals surface area contributed by atoms with E-state index in [1.807, 2.05) is 0 Å². The van der Waals surface area contributed by atoms with Gasteiger partial charge >= 0.3 is 11.9 Å². The number of nitrogens with zero attached hydrogens (tertiary/aromatic N) is 1. The summed E-state index contributed by atoms with van der Waals surface area (Å²) < 4.78 is 9.45. The van der Waals surface area contributed by atoms with Crippen LogP contribution in [0.2, 0.25) is 0 Å². The molecule has 0 saturated carbocycles. The Morgan fingerprint density at radius 3 is 2.21 bits per heavy atom. The quantitative estimate of drug-likeness (QED) is 0.544. The molecule has 0 saturated heterocycles. The third kappa shape index (κ3) is 4.82. The molecule has 0 amide bonds. The highest BCUT2D eigenvalue weighted by Crippen LogP contribution is 2.39. The molecule has 0 heterocycles. The van der Waals surface area contributed by atoms with Crippen LogP contribution < -0.4 is 0 Å². The zero-order valence-electron chi connectivity index (χ0n) is 12.3. The molecular weight excluding hydrogens is 246 g/mol. The van der Waals surface area contributed by atoms with Crippen LogP contribution in [0.1, 0.15) is 33.6 Å². The van der Waals surface area contributed by atoms with Gasteiger partial charge in [-0.3, -0.25) is 9.59 Å². The van der Waals surface area contributed by atoms with E-state index in [-0.39, 0.29) is 12.8 Å². The normalized spacial score (nSPS) is 18.3. The van der Waals surface area contributed by atoms with Crippen molar-refractivity contribution in [2.75, 3.05) is 14.2 Å². The Labute approximate surface area is 114 Å². The summed E-state index contributed by atoms with van der Waals surface area (Å²) in [5.74, 6) is -1.30. The second-order valence-corrected chi connectivity index (χ2v) is 5.53. The molecule has 5 heteroatoms. The Balaban J connectivity index is 5.16. The van der Waals surface area contributed by atoms with E-state index in [0.717, 1.165) is 0 Å². The van der Waals surface area contributed by atoms with Crippen molar-refractivity contribution in [2.24, 2.45) is 16.7 Å². The summed E-state index contributed by atoms with van der Waals surface area (Å²) in [6.45, 7) is 8.79. The van der Waals surface area contributed by atoms with Gasteiger partial charge in [-0.1, -0.05) is 6.92 Å². The van der Waals surface area contributed by atoms with Gasteiger partial charge in [-0.25, -0.2) is 0 Å². The lowest BCUT2D eigenvalue weighted by molar-refractivity contribution is -0.156. The van der Waals surface area contributed by atoms with Crippen molar-refractivity contribution in [3.63, 3.8) is 0 Å². The molecule has 3 atom stereocenters. The zero-order chi connectivity index (χ0) is 15.3. The average molecular weight is 268 g/mol. The molecule has 0 aromatic rings. The number of hydrogen-bond donors (Lipinski definition) is 0. The van der Waals surface area contributed by atoms with Gasteiger partial charge in [0.15, 0.2) is 5.41 Å². The van der Waals surface area contributed by atoms with Crippen LogP contribution in [0.15, 0.2) is 0 Å². The van der Waals surface area contributed by atoms with Crippen molar-refractivity contribution in [1.29, 1.82) is 5.26 Å². The van der Waals surface area contributed by atoms with E-state index in [4.69, 9.17) is 10.00 Å². The molecule has 0 radical (unpaired) electrons. The minimum atomic E-state index is -0.950. The maximum Gasteiger partial charge on any atom is 0.311 e. The summed E-state index contributed by atoms with van der Waals surface area (Å²) in [4.78, 5) is 23.4. The van der Waals surface area contributed by atoms with Gasteiger partial charge in [0.05, 0.1) is 32.5 Å². The highest BCUT2D eigenvalue weighted by Gasteiger charge is 2.45. The molecule has 0 N–H and O–H groups in total. The van der Waals surface area contributed by atoms with E-state index < -0.39 is 28.7 Å². The fourth-order valence-electron chi connectivity index (χ4n) is 2.34. The average Bonchev–Trinajstić information content (AvgIpc) is 2.35. The molecule has 0 aliphatic heterocycles. The van der Waals surface area contributed by atoms with Crippen molar-refractivity contribution in [3.05, 3.63) is 6.92 Å². The minimum absolute atomic E-state index is 0.213. The first-order chi connectivity index (χ1) is 8.61. The number of hydrogen-bond acceptors (Lipinski definition) is 5. The Morgan fingerprint density at radius 1 is 1.32 bits per heavy atom. The molecular formula is C14H22NO4+. The van der Waals surface area contributed by atoms with Crippen molar-refractivity contribution in [3.8, 4) is 6.07 Å². The van der Waals surface area contributed by atoms with E-state index in [2.05, 4.69) is 17.7 Å². The van der Waals surface area contributed by atoms with Gasteiger partial charge in [-0.2, -0.15) is 5.26 Å². The number of carbonyl (C=O) groups is 2. The monoisotopic (exact) mass is 268 g/mol. The Bertz CT molecular complexity index is 383. The number of methoxy groups -OCH3 is 2. The van der Waals surface area contributed by atoms with Crippen LogP contribution in [-0.4, -0.2) is 26.2 Å². The SMILES string of the molecule is [CH2+]C(C)(C#N)CC(C)(CC(C)C(=O)OC)C(=O)OC. The van der Waals surface area contributed by atoms with E-state index >= 15 is 0 Å². The second kappa shape index (κ2) is 6.46. The number of carbonyl (C=O) groups excluding carboxylic acids is 2. The van der Waals surface area contributed by atoms with Crippen molar-refractivity contribution in [2.45, 2.75) is 33.6 Å². The minimum Gasteiger partial charge on any atom is -0.469 e. The molecule has 0 aromatic heterocycles. The number of nitriles is 1. The predicted molar refractivity (Wildman–Crippen MR) is 69.6 cm³/mol. The largest absolute Gasteiger partial charge is 0.469 e. The summed E-state index contributed by atoms with van der Waals surface area (Å²) in [7, 11) is 2.59. The molecule has 0 aliphatic rings. The fraction of sp³-hybridized carbons (Fsp3) is 0.714. The smallest absolute Gasteiger partial charge is 0.311 e. The van der Waals surface area contributed by atoms with Gasteiger partial charge in [0.2, 0.25) is 0 Å². The number of ether oxygens (including phenoxy) is 2. The Kier molecular flexibility index (Phi) is 5.88. The Hall–Kier alpha value is -1.70. The van der Waals surface area contributed by atoms with Gasteiger partial charge in [-0.05, 0) is 20.3 Å². The van der Waals surface area contributed by atoms with Gasteiger partial charge in [0.25, 0.3) is 0 Å². The second-order valence-electron chi connectivity index (χ2n) is 5.53. The topological polar surface area (TPSA) is 76.4 Å². The first-order valence-corrected chi connectivity index (χ1v) is 6.05.